The van der Waals surface area contributed by atoms with Crippen LogP contribution in [0.3, 0.4) is 0 Å². The first-order valence-corrected chi connectivity index (χ1v) is 10.0. The number of carbonyl (C=O) groups is 1. The summed E-state index contributed by atoms with van der Waals surface area (Å²) in [4.78, 5) is 16.8. The van der Waals surface area contributed by atoms with Gasteiger partial charge in [0.05, 0.1) is 5.52 Å². The predicted molar refractivity (Wildman–Crippen MR) is 99.4 cm³/mol. The standard InChI is InChI=1S/C17H25N5O3S/c1-17(2,3)25-16(23)22-8-6-21(7-9-22)10-11-26(24)13-4-5-14-15(12-13)19-20-18-14/h4-5,12H,6-11H2,1-3H3,(H,18,19,20)/t26-/m1/s1. The van der Waals surface area contributed by atoms with Crippen molar-refractivity contribution in [1.82, 2.24) is 25.2 Å². The van der Waals surface area contributed by atoms with Crippen molar-refractivity contribution in [3.05, 3.63) is 18.2 Å². The Bertz CT molecular complexity index is 752. The quantitative estimate of drug-likeness (QED) is 0.811. The van der Waals surface area contributed by atoms with Crippen LogP contribution < -0.4 is 0 Å². The van der Waals surface area contributed by atoms with Crippen LogP contribution in [0.4, 0.5) is 4.79 Å². The molecular formula is C17H25N5O3S. The maximum atomic E-state index is 12.5. The molecule has 1 aliphatic heterocycles. The highest BCUT2D eigenvalue weighted by atomic mass is 32.2. The number of piperazine rings is 1. The first-order chi connectivity index (χ1) is 12.3. The minimum atomic E-state index is -1.08. The third kappa shape index (κ3) is 4.87. The van der Waals surface area contributed by atoms with Gasteiger partial charge in [-0.3, -0.25) is 10.00 Å². The van der Waals surface area contributed by atoms with Crippen LogP contribution in [-0.2, 0) is 15.9 Å². The maximum absolute atomic E-state index is 12.5. The van der Waals surface area contributed by atoms with Crippen molar-refractivity contribution in [3.63, 3.8) is 0 Å². The van der Waals surface area contributed by atoms with E-state index in [0.29, 0.717) is 18.8 Å². The van der Waals surface area contributed by atoms with E-state index in [0.717, 1.165) is 35.6 Å². The van der Waals surface area contributed by atoms with E-state index in [2.05, 4.69) is 20.3 Å². The summed E-state index contributed by atoms with van der Waals surface area (Å²) in [6.07, 6.45) is -0.262. The minimum Gasteiger partial charge on any atom is -0.611 e. The highest BCUT2D eigenvalue weighted by Gasteiger charge is 2.26. The molecule has 0 bridgehead atoms. The molecule has 142 valence electrons. The molecule has 0 unspecified atom stereocenters. The van der Waals surface area contributed by atoms with E-state index in [1.807, 2.05) is 39.0 Å². The lowest BCUT2D eigenvalue weighted by Gasteiger charge is -2.35. The number of nitrogens with zero attached hydrogens (tertiary/aromatic N) is 4. The molecule has 0 spiro atoms. The number of nitrogens with one attached hydrogen (secondary N) is 1. The second-order valence-electron chi connectivity index (χ2n) is 7.35. The molecular weight excluding hydrogens is 354 g/mol. The Labute approximate surface area is 156 Å². The van der Waals surface area contributed by atoms with Gasteiger partial charge in [-0.2, -0.15) is 0 Å². The Morgan fingerprint density at radius 1 is 1.31 bits per heavy atom. The van der Waals surface area contributed by atoms with Crippen molar-refractivity contribution in [3.8, 4) is 0 Å². The molecule has 1 N–H and O–H groups in total. The van der Waals surface area contributed by atoms with Gasteiger partial charge in [0.1, 0.15) is 16.9 Å². The Morgan fingerprint density at radius 2 is 2.04 bits per heavy atom. The van der Waals surface area contributed by atoms with Gasteiger partial charge < -0.3 is 14.2 Å². The number of rotatable bonds is 4. The second-order valence-corrected chi connectivity index (χ2v) is 8.92. The molecule has 9 heteroatoms. The zero-order chi connectivity index (χ0) is 18.7. The third-order valence-corrected chi connectivity index (χ3v) is 5.51. The van der Waals surface area contributed by atoms with E-state index in [1.54, 1.807) is 4.90 Å². The Morgan fingerprint density at radius 3 is 2.73 bits per heavy atom. The average Bonchev–Trinajstić information content (AvgIpc) is 3.06. The molecule has 2 heterocycles. The van der Waals surface area contributed by atoms with E-state index >= 15 is 0 Å². The highest BCUT2D eigenvalue weighted by molar-refractivity contribution is 7.91. The van der Waals surface area contributed by atoms with E-state index in [-0.39, 0.29) is 6.09 Å². The van der Waals surface area contributed by atoms with Crippen molar-refractivity contribution in [2.45, 2.75) is 31.3 Å². The topological polar surface area (TPSA) is 97.4 Å². The molecule has 0 radical (unpaired) electrons. The number of benzene rings is 1. The molecule has 3 rings (SSSR count). The maximum Gasteiger partial charge on any atom is 0.410 e. The first-order valence-electron chi connectivity index (χ1n) is 8.71. The van der Waals surface area contributed by atoms with Crippen LogP contribution in [-0.4, -0.2) is 79.9 Å². The molecule has 2 aromatic rings. The van der Waals surface area contributed by atoms with Gasteiger partial charge in [-0.05, 0) is 44.1 Å². The molecule has 0 aliphatic carbocycles. The first kappa shape index (κ1) is 18.9. The van der Waals surface area contributed by atoms with Gasteiger partial charge in [-0.15, -0.1) is 5.10 Å². The molecule has 1 amide bonds. The molecule has 0 saturated carbocycles. The summed E-state index contributed by atoms with van der Waals surface area (Å²) in [5.74, 6) is 0.555. The van der Waals surface area contributed by atoms with Gasteiger partial charge in [-0.25, -0.2) is 4.79 Å². The highest BCUT2D eigenvalue weighted by Crippen LogP contribution is 2.17. The fraction of sp³-hybridized carbons (Fsp3) is 0.588. The van der Waals surface area contributed by atoms with Crippen LogP contribution in [0.5, 0.6) is 0 Å². The van der Waals surface area contributed by atoms with Crippen molar-refractivity contribution in [2.24, 2.45) is 0 Å². The summed E-state index contributed by atoms with van der Waals surface area (Å²) >= 11 is -1.08. The Hall–Kier alpha value is -1.84. The lowest BCUT2D eigenvalue weighted by atomic mass is 10.2. The average molecular weight is 379 g/mol. The van der Waals surface area contributed by atoms with E-state index in [1.165, 1.54) is 0 Å². The smallest absolute Gasteiger partial charge is 0.410 e. The number of aromatic amines is 1. The van der Waals surface area contributed by atoms with Gasteiger partial charge in [0, 0.05) is 38.8 Å². The number of amides is 1. The zero-order valence-corrected chi connectivity index (χ0v) is 16.2. The fourth-order valence-corrected chi connectivity index (χ4v) is 3.91. The van der Waals surface area contributed by atoms with Crippen LogP contribution >= 0.6 is 0 Å². The van der Waals surface area contributed by atoms with Crippen molar-refractivity contribution < 1.29 is 14.1 Å². The van der Waals surface area contributed by atoms with E-state index < -0.39 is 16.8 Å². The normalized spacial score (nSPS) is 17.5. The van der Waals surface area contributed by atoms with Crippen molar-refractivity contribution >= 4 is 28.3 Å². The Balaban J connectivity index is 1.45. The summed E-state index contributed by atoms with van der Waals surface area (Å²) in [6, 6.07) is 5.50. The van der Waals surface area contributed by atoms with Gasteiger partial charge in [-0.1, -0.05) is 5.21 Å². The van der Waals surface area contributed by atoms with Crippen molar-refractivity contribution in [1.29, 1.82) is 0 Å². The molecule has 1 fully saturated rings. The number of fused-ring (bicyclic) bond motifs is 1. The van der Waals surface area contributed by atoms with E-state index in [9.17, 15) is 9.35 Å². The van der Waals surface area contributed by atoms with Gasteiger partial charge in [0.15, 0.2) is 4.90 Å². The number of hydrogen-bond donors (Lipinski definition) is 1. The summed E-state index contributed by atoms with van der Waals surface area (Å²) in [5.41, 5.74) is 1.09. The number of carbonyl (C=O) groups excluding carboxylic acids is 1. The molecule has 1 atom stereocenters. The molecule has 1 aromatic carbocycles. The SMILES string of the molecule is CC(C)(C)OC(=O)N1CCN(CC[S@@+]([O-])c2ccc3nn[nH]c3c2)CC1. The van der Waals surface area contributed by atoms with Crippen LogP contribution in [0, 0.1) is 0 Å². The summed E-state index contributed by atoms with van der Waals surface area (Å²) in [6.45, 7) is 9.13. The number of hydrogen-bond acceptors (Lipinski definition) is 6. The van der Waals surface area contributed by atoms with Gasteiger partial charge in [0.2, 0.25) is 0 Å². The molecule has 26 heavy (non-hydrogen) atoms. The molecule has 1 aromatic heterocycles. The monoisotopic (exact) mass is 379 g/mol. The number of ether oxygens (including phenoxy) is 1. The van der Waals surface area contributed by atoms with Crippen LogP contribution in [0.2, 0.25) is 0 Å². The fourth-order valence-electron chi connectivity index (χ4n) is 2.78. The minimum absolute atomic E-state index is 0.262. The number of H-pyrrole nitrogens is 1. The summed E-state index contributed by atoms with van der Waals surface area (Å²) in [7, 11) is 0. The van der Waals surface area contributed by atoms with Crippen LogP contribution in [0.1, 0.15) is 20.8 Å². The van der Waals surface area contributed by atoms with Crippen molar-refractivity contribution in [2.75, 3.05) is 38.5 Å². The zero-order valence-electron chi connectivity index (χ0n) is 15.4. The molecule has 1 aliphatic rings. The predicted octanol–water partition coefficient (Wildman–Crippen LogP) is 1.62. The molecule has 8 nitrogen and oxygen atoms in total. The van der Waals surface area contributed by atoms with Gasteiger partial charge in [0.25, 0.3) is 0 Å². The lowest BCUT2D eigenvalue weighted by Crippen LogP contribution is -2.50. The second kappa shape index (κ2) is 7.81. The molecule has 1 saturated heterocycles. The number of aromatic nitrogens is 3. The Kier molecular flexibility index (Phi) is 5.69. The third-order valence-electron chi connectivity index (χ3n) is 4.18. The summed E-state index contributed by atoms with van der Waals surface area (Å²) < 4.78 is 17.9. The van der Waals surface area contributed by atoms with Crippen LogP contribution in [0.25, 0.3) is 11.0 Å². The summed E-state index contributed by atoms with van der Waals surface area (Å²) in [5, 5.41) is 10.5. The lowest BCUT2D eigenvalue weighted by molar-refractivity contribution is 0.0150. The van der Waals surface area contributed by atoms with E-state index in [4.69, 9.17) is 4.74 Å². The van der Waals surface area contributed by atoms with Gasteiger partial charge >= 0.3 is 6.09 Å². The largest absolute Gasteiger partial charge is 0.611 e. The van der Waals surface area contributed by atoms with Crippen LogP contribution in [0.15, 0.2) is 23.1 Å².